The number of thiophene rings is 1. The van der Waals surface area contributed by atoms with E-state index < -0.39 is 5.91 Å². The fraction of sp³-hybridized carbons (Fsp3) is 0.429. The van der Waals surface area contributed by atoms with Gasteiger partial charge in [0.05, 0.1) is 0 Å². The number of rotatable bonds is 6. The number of nitrogens with zero attached hydrogens (tertiary/aromatic N) is 2. The van der Waals surface area contributed by atoms with Gasteiger partial charge in [-0.05, 0) is 61.5 Å². The van der Waals surface area contributed by atoms with Crippen LogP contribution in [0, 0.1) is 5.92 Å². The zero-order valence-corrected chi connectivity index (χ0v) is 20.1. The third kappa shape index (κ3) is 6.42. The SMILES string of the molecule is CN=C(NCc1cccc(C(N)=O)c1)NCC1CCCN(C)C1c1cccs1.I. The molecular weight excluding hydrogens is 497 g/mol. The second kappa shape index (κ2) is 11.5. The molecule has 4 N–H and O–H groups in total. The minimum Gasteiger partial charge on any atom is -0.366 e. The van der Waals surface area contributed by atoms with Gasteiger partial charge in [0.15, 0.2) is 5.96 Å². The summed E-state index contributed by atoms with van der Waals surface area (Å²) < 4.78 is 0. The number of piperidine rings is 1. The maximum absolute atomic E-state index is 11.3. The topological polar surface area (TPSA) is 82.7 Å². The Morgan fingerprint density at radius 1 is 1.31 bits per heavy atom. The Kier molecular flexibility index (Phi) is 9.38. The van der Waals surface area contributed by atoms with Gasteiger partial charge in [0.1, 0.15) is 0 Å². The Morgan fingerprint density at radius 3 is 2.83 bits per heavy atom. The first kappa shape index (κ1) is 23.6. The highest BCUT2D eigenvalue weighted by molar-refractivity contribution is 14.0. The molecule has 8 heteroatoms. The van der Waals surface area contributed by atoms with Crippen LogP contribution in [-0.4, -0.2) is 44.0 Å². The minimum absolute atomic E-state index is 0. The number of benzene rings is 1. The lowest BCUT2D eigenvalue weighted by Crippen LogP contribution is -2.44. The third-order valence-electron chi connectivity index (χ3n) is 5.27. The molecule has 1 aromatic carbocycles. The summed E-state index contributed by atoms with van der Waals surface area (Å²) in [6.07, 6.45) is 2.42. The maximum atomic E-state index is 11.3. The van der Waals surface area contributed by atoms with Gasteiger partial charge >= 0.3 is 0 Å². The number of likely N-dealkylation sites (tertiary alicyclic amines) is 1. The molecule has 0 spiro atoms. The van der Waals surface area contributed by atoms with Gasteiger partial charge in [-0.25, -0.2) is 0 Å². The molecule has 29 heavy (non-hydrogen) atoms. The van der Waals surface area contributed by atoms with Crippen LogP contribution in [0.1, 0.15) is 39.7 Å². The van der Waals surface area contributed by atoms with E-state index in [9.17, 15) is 4.79 Å². The van der Waals surface area contributed by atoms with E-state index in [2.05, 4.69) is 45.1 Å². The molecule has 1 aliphatic heterocycles. The number of hydrogen-bond acceptors (Lipinski definition) is 4. The molecule has 3 rings (SSSR count). The summed E-state index contributed by atoms with van der Waals surface area (Å²) in [7, 11) is 3.99. The quantitative estimate of drug-likeness (QED) is 0.306. The van der Waals surface area contributed by atoms with E-state index in [-0.39, 0.29) is 24.0 Å². The smallest absolute Gasteiger partial charge is 0.248 e. The van der Waals surface area contributed by atoms with Gasteiger partial charge in [-0.1, -0.05) is 18.2 Å². The van der Waals surface area contributed by atoms with Crippen molar-refractivity contribution in [2.45, 2.75) is 25.4 Å². The van der Waals surface area contributed by atoms with Crippen molar-refractivity contribution >= 4 is 47.2 Å². The largest absolute Gasteiger partial charge is 0.366 e. The number of carbonyl (C=O) groups is 1. The highest BCUT2D eigenvalue weighted by atomic mass is 127. The van der Waals surface area contributed by atoms with E-state index >= 15 is 0 Å². The monoisotopic (exact) mass is 527 g/mol. The molecule has 1 amide bonds. The van der Waals surface area contributed by atoms with E-state index in [0.29, 0.717) is 24.1 Å². The normalized spacial score (nSPS) is 20.0. The molecule has 158 valence electrons. The van der Waals surface area contributed by atoms with Crippen LogP contribution in [0.25, 0.3) is 0 Å². The molecule has 2 heterocycles. The maximum Gasteiger partial charge on any atom is 0.248 e. The van der Waals surface area contributed by atoms with Gasteiger partial charge in [-0.2, -0.15) is 0 Å². The van der Waals surface area contributed by atoms with Crippen LogP contribution in [0.3, 0.4) is 0 Å². The van der Waals surface area contributed by atoms with Gasteiger partial charge in [0.25, 0.3) is 0 Å². The van der Waals surface area contributed by atoms with Gasteiger partial charge in [-0.3, -0.25) is 14.7 Å². The van der Waals surface area contributed by atoms with Gasteiger partial charge in [0.2, 0.25) is 5.91 Å². The highest BCUT2D eigenvalue weighted by Crippen LogP contribution is 2.36. The first-order valence-corrected chi connectivity index (χ1v) is 10.5. The summed E-state index contributed by atoms with van der Waals surface area (Å²) in [5.41, 5.74) is 6.87. The summed E-state index contributed by atoms with van der Waals surface area (Å²) >= 11 is 1.84. The fourth-order valence-electron chi connectivity index (χ4n) is 3.85. The predicted molar refractivity (Wildman–Crippen MR) is 131 cm³/mol. The van der Waals surface area contributed by atoms with Crippen molar-refractivity contribution in [3.63, 3.8) is 0 Å². The number of primary amides is 1. The summed E-state index contributed by atoms with van der Waals surface area (Å²) in [5.74, 6) is 0.891. The van der Waals surface area contributed by atoms with Crippen LogP contribution in [0.2, 0.25) is 0 Å². The highest BCUT2D eigenvalue weighted by Gasteiger charge is 2.31. The molecular formula is C21H30IN5OS. The summed E-state index contributed by atoms with van der Waals surface area (Å²) in [6, 6.07) is 12.2. The van der Waals surface area contributed by atoms with Gasteiger partial charge in [-0.15, -0.1) is 35.3 Å². The molecule has 2 aromatic rings. The van der Waals surface area contributed by atoms with Crippen molar-refractivity contribution < 1.29 is 4.79 Å². The predicted octanol–water partition coefficient (Wildman–Crippen LogP) is 3.21. The molecule has 1 fully saturated rings. The molecule has 0 aliphatic carbocycles. The van der Waals surface area contributed by atoms with Crippen LogP contribution in [-0.2, 0) is 6.54 Å². The van der Waals surface area contributed by atoms with Crippen molar-refractivity contribution in [1.29, 1.82) is 0 Å². The number of aliphatic imine (C=N–C) groups is 1. The molecule has 0 radical (unpaired) electrons. The average Bonchev–Trinajstić information content (AvgIpc) is 3.22. The summed E-state index contributed by atoms with van der Waals surface area (Å²) in [6.45, 7) is 2.59. The number of guanidine groups is 1. The van der Waals surface area contributed by atoms with E-state index in [1.165, 1.54) is 17.7 Å². The van der Waals surface area contributed by atoms with E-state index in [1.54, 1.807) is 13.1 Å². The van der Waals surface area contributed by atoms with Crippen LogP contribution in [0.4, 0.5) is 0 Å². The minimum atomic E-state index is -0.412. The fourth-order valence-corrected chi connectivity index (χ4v) is 4.83. The van der Waals surface area contributed by atoms with E-state index in [4.69, 9.17) is 5.73 Å². The molecule has 2 unspecified atom stereocenters. The van der Waals surface area contributed by atoms with E-state index in [0.717, 1.165) is 24.6 Å². The van der Waals surface area contributed by atoms with Crippen molar-refractivity contribution in [3.8, 4) is 0 Å². The van der Waals surface area contributed by atoms with Crippen LogP contribution < -0.4 is 16.4 Å². The summed E-state index contributed by atoms with van der Waals surface area (Å²) in [4.78, 5) is 19.6. The van der Waals surface area contributed by atoms with E-state index in [1.807, 2.05) is 29.5 Å². The van der Waals surface area contributed by atoms with Crippen molar-refractivity contribution in [2.75, 3.05) is 27.2 Å². The molecule has 1 aromatic heterocycles. The van der Waals surface area contributed by atoms with Crippen molar-refractivity contribution in [1.82, 2.24) is 15.5 Å². The van der Waals surface area contributed by atoms with Gasteiger partial charge in [0, 0.05) is 36.6 Å². The zero-order valence-electron chi connectivity index (χ0n) is 16.9. The van der Waals surface area contributed by atoms with Crippen LogP contribution in [0.15, 0.2) is 46.8 Å². The van der Waals surface area contributed by atoms with Crippen LogP contribution in [0.5, 0.6) is 0 Å². The number of amides is 1. The van der Waals surface area contributed by atoms with Gasteiger partial charge < -0.3 is 16.4 Å². The number of nitrogens with two attached hydrogens (primary N) is 1. The first-order valence-electron chi connectivity index (χ1n) is 9.65. The molecule has 2 atom stereocenters. The summed E-state index contributed by atoms with van der Waals surface area (Å²) in [5, 5.41) is 8.97. The Balaban J connectivity index is 0.00000300. The Labute approximate surface area is 194 Å². The number of hydrogen-bond donors (Lipinski definition) is 3. The first-order chi connectivity index (χ1) is 13.6. The molecule has 6 nitrogen and oxygen atoms in total. The standard InChI is InChI=1S/C21H29N5OS.HI/c1-23-21(24-13-15-6-3-7-16(12-15)20(22)27)25-14-17-8-4-10-26(2)19(17)18-9-5-11-28-18;/h3,5-7,9,11-12,17,19H,4,8,10,13-14H2,1-2H3,(H2,22,27)(H2,23,24,25);1H. The lowest BCUT2D eigenvalue weighted by molar-refractivity contribution is 0.1000. The second-order valence-corrected chi connectivity index (χ2v) is 8.19. The average molecular weight is 527 g/mol. The Hall–Kier alpha value is -1.65. The second-order valence-electron chi connectivity index (χ2n) is 7.21. The Morgan fingerprint density at radius 2 is 2.14 bits per heavy atom. The Bertz CT molecular complexity index is 811. The molecule has 1 aliphatic rings. The van der Waals surface area contributed by atoms with Crippen molar-refractivity contribution in [3.05, 3.63) is 57.8 Å². The molecule has 0 saturated carbocycles. The van der Waals surface area contributed by atoms with Crippen LogP contribution >= 0.6 is 35.3 Å². The number of carbonyl (C=O) groups excluding carboxylic acids is 1. The third-order valence-corrected chi connectivity index (χ3v) is 6.21. The molecule has 1 saturated heterocycles. The number of halogens is 1. The molecule has 0 bridgehead atoms. The lowest BCUT2D eigenvalue weighted by atomic mass is 9.88. The van der Waals surface area contributed by atoms with Crippen molar-refractivity contribution in [2.24, 2.45) is 16.6 Å². The number of nitrogens with one attached hydrogen (secondary N) is 2. The zero-order chi connectivity index (χ0) is 19.9. The lowest BCUT2D eigenvalue weighted by Gasteiger charge is -2.39.